The van der Waals surface area contributed by atoms with Crippen LogP contribution in [0.25, 0.3) is 0 Å². The third kappa shape index (κ3) is 5.01. The van der Waals surface area contributed by atoms with Gasteiger partial charge in [-0.2, -0.15) is 4.31 Å². The fourth-order valence-electron chi connectivity index (χ4n) is 3.32. The van der Waals surface area contributed by atoms with Crippen LogP contribution in [-0.2, 0) is 24.8 Å². The van der Waals surface area contributed by atoms with Gasteiger partial charge in [-0.3, -0.25) is 9.10 Å². The molecule has 1 N–H and O–H groups in total. The summed E-state index contributed by atoms with van der Waals surface area (Å²) in [5, 5.41) is 2.98. The Morgan fingerprint density at radius 1 is 1.12 bits per heavy atom. The highest BCUT2D eigenvalue weighted by atomic mass is 35.5. The molecule has 0 aromatic heterocycles. The first-order valence-corrected chi connectivity index (χ1v) is 13.5. The van der Waals surface area contributed by atoms with E-state index >= 15 is 0 Å². The van der Waals surface area contributed by atoms with Gasteiger partial charge in [0.25, 0.3) is 5.91 Å². The number of rotatable bonds is 7. The van der Waals surface area contributed by atoms with Gasteiger partial charge in [-0.25, -0.2) is 16.8 Å². The van der Waals surface area contributed by atoms with Crippen LogP contribution in [0.15, 0.2) is 47.4 Å². The molecule has 1 heterocycles. The number of nitrogens with zero attached hydrogens (tertiary/aromatic N) is 2. The fourth-order valence-corrected chi connectivity index (χ4v) is 5.85. The van der Waals surface area contributed by atoms with Gasteiger partial charge in [0.05, 0.1) is 23.4 Å². The van der Waals surface area contributed by atoms with Crippen molar-refractivity contribution in [3.63, 3.8) is 0 Å². The summed E-state index contributed by atoms with van der Waals surface area (Å²) in [5.74, 6) is -0.356. The van der Waals surface area contributed by atoms with Crippen molar-refractivity contribution in [1.29, 1.82) is 0 Å². The van der Waals surface area contributed by atoms with Crippen LogP contribution in [-0.4, -0.2) is 59.0 Å². The molecule has 1 aliphatic heterocycles. The summed E-state index contributed by atoms with van der Waals surface area (Å²) in [5.41, 5.74) is 0.611. The topological polar surface area (TPSA) is 113 Å². The molecule has 0 fully saturated rings. The molecule has 1 amide bonds. The molecular weight excluding hydrogens is 478 g/mol. The van der Waals surface area contributed by atoms with Crippen LogP contribution in [0.1, 0.15) is 13.8 Å². The second-order valence-corrected chi connectivity index (χ2v) is 11.4. The zero-order chi connectivity index (χ0) is 23.7. The van der Waals surface area contributed by atoms with Crippen molar-refractivity contribution in [2.45, 2.75) is 24.8 Å². The van der Waals surface area contributed by atoms with Crippen molar-refractivity contribution in [3.05, 3.63) is 47.5 Å². The van der Waals surface area contributed by atoms with Crippen molar-refractivity contribution >= 4 is 48.9 Å². The van der Waals surface area contributed by atoms with E-state index < -0.39 is 32.1 Å². The lowest BCUT2D eigenvalue weighted by Crippen LogP contribution is -2.48. The number of benzene rings is 2. The molecule has 0 radical (unpaired) electrons. The normalized spacial score (nSPS) is 16.4. The van der Waals surface area contributed by atoms with E-state index in [0.717, 1.165) is 10.6 Å². The molecule has 32 heavy (non-hydrogen) atoms. The predicted molar refractivity (Wildman–Crippen MR) is 123 cm³/mol. The first-order chi connectivity index (χ1) is 15.0. The van der Waals surface area contributed by atoms with E-state index in [0.29, 0.717) is 23.8 Å². The van der Waals surface area contributed by atoms with Crippen molar-refractivity contribution in [3.8, 4) is 5.75 Å². The van der Waals surface area contributed by atoms with Gasteiger partial charge in [-0.05, 0) is 42.5 Å². The van der Waals surface area contributed by atoms with Crippen LogP contribution in [0.5, 0.6) is 5.75 Å². The van der Waals surface area contributed by atoms with E-state index in [1.54, 1.807) is 13.8 Å². The van der Waals surface area contributed by atoms with E-state index in [-0.39, 0.29) is 22.9 Å². The number of ether oxygens (including phenoxy) is 1. The van der Waals surface area contributed by atoms with Crippen LogP contribution in [0.3, 0.4) is 0 Å². The number of amides is 1. The Bertz CT molecular complexity index is 1210. The maximum atomic E-state index is 12.8. The smallest absolute Gasteiger partial charge is 0.267 e. The highest BCUT2D eigenvalue weighted by molar-refractivity contribution is 7.92. The molecule has 0 aliphatic carbocycles. The number of carbonyl (C=O) groups excluding carboxylic acids is 1. The molecule has 1 aliphatic rings. The Kier molecular flexibility index (Phi) is 7.03. The third-order valence-electron chi connectivity index (χ3n) is 4.95. The average Bonchev–Trinajstić information content (AvgIpc) is 2.73. The fraction of sp³-hybridized carbons (Fsp3) is 0.350. The molecule has 1 atom stereocenters. The van der Waals surface area contributed by atoms with Gasteiger partial charge in [0, 0.05) is 23.8 Å². The number of hydrogen-bond acceptors (Lipinski definition) is 6. The van der Waals surface area contributed by atoms with Gasteiger partial charge >= 0.3 is 0 Å². The lowest BCUT2D eigenvalue weighted by atomic mass is 10.2. The van der Waals surface area contributed by atoms with Gasteiger partial charge in [-0.1, -0.05) is 25.4 Å². The molecule has 174 valence electrons. The lowest BCUT2D eigenvalue weighted by Gasteiger charge is -2.34. The minimum absolute atomic E-state index is 0.113. The summed E-state index contributed by atoms with van der Waals surface area (Å²) in [7, 11) is -7.30. The molecule has 2 aromatic carbocycles. The Hall–Kier alpha value is -2.34. The van der Waals surface area contributed by atoms with E-state index in [9.17, 15) is 21.6 Å². The first kappa shape index (κ1) is 24.3. The van der Waals surface area contributed by atoms with Gasteiger partial charge in [-0.15, -0.1) is 0 Å². The van der Waals surface area contributed by atoms with Gasteiger partial charge in [0.1, 0.15) is 5.75 Å². The molecule has 3 rings (SSSR count). The largest absolute Gasteiger partial charge is 0.476 e. The number of nitrogens with one attached hydrogen (secondary N) is 1. The number of anilines is 2. The maximum Gasteiger partial charge on any atom is 0.267 e. The standard InChI is InChI=1S/C20H24ClN3O6S2/c1-4-23(5-2)32(28,29)16-9-7-15(8-10-16)22-20(25)19-13-24(31(3,26)27)17-12-14(21)6-11-18(17)30-19/h6-12,19H,4-5,13H2,1-3H3,(H,22,25). The number of fused-ring (bicyclic) bond motifs is 1. The van der Waals surface area contributed by atoms with Crippen molar-refractivity contribution < 1.29 is 26.4 Å². The molecule has 0 spiro atoms. The zero-order valence-electron chi connectivity index (χ0n) is 17.8. The quantitative estimate of drug-likeness (QED) is 0.623. The summed E-state index contributed by atoms with van der Waals surface area (Å²) in [4.78, 5) is 12.9. The molecule has 2 aromatic rings. The van der Waals surface area contributed by atoms with Crippen molar-refractivity contribution in [2.24, 2.45) is 0 Å². The zero-order valence-corrected chi connectivity index (χ0v) is 20.2. The second kappa shape index (κ2) is 9.26. The summed E-state index contributed by atoms with van der Waals surface area (Å²) in [6, 6.07) is 10.3. The number of carbonyl (C=O) groups is 1. The van der Waals surface area contributed by atoms with Crippen LogP contribution >= 0.6 is 11.6 Å². The summed E-state index contributed by atoms with van der Waals surface area (Å²) < 4.78 is 57.8. The SMILES string of the molecule is CCN(CC)S(=O)(=O)c1ccc(NC(=O)C2CN(S(C)(=O)=O)c3cc(Cl)ccc3O2)cc1. The lowest BCUT2D eigenvalue weighted by molar-refractivity contribution is -0.122. The minimum atomic E-state index is -3.69. The van der Waals surface area contributed by atoms with Crippen LogP contribution in [0.2, 0.25) is 5.02 Å². The highest BCUT2D eigenvalue weighted by Crippen LogP contribution is 2.37. The van der Waals surface area contributed by atoms with Gasteiger partial charge in [0.2, 0.25) is 20.0 Å². The van der Waals surface area contributed by atoms with Crippen LogP contribution in [0, 0.1) is 0 Å². The number of sulfonamides is 2. The number of hydrogen-bond donors (Lipinski definition) is 1. The molecule has 0 saturated carbocycles. The Morgan fingerprint density at radius 2 is 1.75 bits per heavy atom. The summed E-state index contributed by atoms with van der Waals surface area (Å²) in [6.07, 6.45) is -0.0787. The second-order valence-electron chi connectivity index (χ2n) is 7.12. The summed E-state index contributed by atoms with van der Waals surface area (Å²) in [6.45, 7) is 3.98. The molecular formula is C20H24ClN3O6S2. The highest BCUT2D eigenvalue weighted by Gasteiger charge is 2.35. The average molecular weight is 502 g/mol. The van der Waals surface area contributed by atoms with Crippen molar-refractivity contribution in [1.82, 2.24) is 4.31 Å². The Morgan fingerprint density at radius 3 is 2.31 bits per heavy atom. The Labute approximate surface area is 193 Å². The summed E-state index contributed by atoms with van der Waals surface area (Å²) >= 11 is 5.98. The molecule has 1 unspecified atom stereocenters. The van der Waals surface area contributed by atoms with Gasteiger partial charge in [0.15, 0.2) is 6.10 Å². The van der Waals surface area contributed by atoms with Crippen molar-refractivity contribution in [2.75, 3.05) is 35.5 Å². The van der Waals surface area contributed by atoms with E-state index in [2.05, 4.69) is 5.32 Å². The van der Waals surface area contributed by atoms with Gasteiger partial charge < -0.3 is 10.1 Å². The van der Waals surface area contributed by atoms with Crippen LogP contribution in [0.4, 0.5) is 11.4 Å². The molecule has 0 bridgehead atoms. The van der Waals surface area contributed by atoms with E-state index in [4.69, 9.17) is 16.3 Å². The number of halogens is 1. The third-order valence-corrected chi connectivity index (χ3v) is 8.39. The van der Waals surface area contributed by atoms with Crippen LogP contribution < -0.4 is 14.4 Å². The maximum absolute atomic E-state index is 12.8. The molecule has 0 saturated heterocycles. The predicted octanol–water partition coefficient (Wildman–Crippen LogP) is 2.54. The monoisotopic (exact) mass is 501 g/mol. The first-order valence-electron chi connectivity index (χ1n) is 9.82. The molecule has 9 nitrogen and oxygen atoms in total. The van der Waals surface area contributed by atoms with E-state index in [1.165, 1.54) is 46.8 Å². The molecule has 12 heteroatoms. The Balaban J connectivity index is 1.80. The van der Waals surface area contributed by atoms with E-state index in [1.807, 2.05) is 0 Å². The minimum Gasteiger partial charge on any atom is -0.476 e.